The zero-order valence-corrected chi connectivity index (χ0v) is 22.2. The second-order valence-corrected chi connectivity index (χ2v) is 8.34. The third kappa shape index (κ3) is 9.71. The molecule has 0 aromatic heterocycles. The number of guanidine groups is 1. The van der Waals surface area contributed by atoms with Gasteiger partial charge >= 0.3 is 0 Å². The smallest absolute Gasteiger partial charge is 0.224 e. The monoisotopic (exact) mass is 563 g/mol. The molecule has 1 fully saturated rings. The molecule has 1 aliphatic rings. The maximum Gasteiger partial charge on any atom is 0.224 e. The molecule has 0 saturated carbocycles. The van der Waals surface area contributed by atoms with Gasteiger partial charge in [-0.15, -0.1) is 24.0 Å². The molecule has 7 heteroatoms. The summed E-state index contributed by atoms with van der Waals surface area (Å²) in [7, 11) is 0. The lowest BCUT2D eigenvalue weighted by molar-refractivity contribution is -0.116. The second-order valence-electron chi connectivity index (χ2n) is 8.34. The zero-order chi connectivity index (χ0) is 22.6. The van der Waals surface area contributed by atoms with E-state index in [1.54, 1.807) is 0 Å². The molecule has 3 rings (SSSR count). The Morgan fingerprint density at radius 1 is 0.909 bits per heavy atom. The topological polar surface area (TPSA) is 68.8 Å². The van der Waals surface area contributed by atoms with Gasteiger partial charge in [0.05, 0.1) is 6.54 Å². The van der Waals surface area contributed by atoms with Gasteiger partial charge in [0.2, 0.25) is 5.91 Å². The van der Waals surface area contributed by atoms with Crippen LogP contribution in [0.4, 0.5) is 5.69 Å². The number of carbonyl (C=O) groups excluding carboxylic acids is 1. The van der Waals surface area contributed by atoms with Gasteiger partial charge in [0.1, 0.15) is 0 Å². The Morgan fingerprint density at radius 3 is 2.18 bits per heavy atom. The first-order valence-corrected chi connectivity index (χ1v) is 11.9. The lowest BCUT2D eigenvalue weighted by Gasteiger charge is -2.15. The standard InChI is InChI=1S/C26H37N5O.HI/c1-3-7-25(32)30-24-14-12-22(13-15-24)19-29-26(27-4-2)28-18-21-8-10-23(11-9-21)20-31-16-5-6-17-31;/h8-15H,3-7,16-20H2,1-2H3,(H,30,32)(H2,27,28,29);1H. The zero-order valence-electron chi connectivity index (χ0n) is 19.9. The summed E-state index contributed by atoms with van der Waals surface area (Å²) in [6.45, 7) is 9.69. The van der Waals surface area contributed by atoms with E-state index >= 15 is 0 Å². The molecular weight excluding hydrogens is 525 g/mol. The van der Waals surface area contributed by atoms with Gasteiger partial charge in [-0.25, -0.2) is 4.99 Å². The summed E-state index contributed by atoms with van der Waals surface area (Å²) in [5.74, 6) is 0.856. The Balaban J connectivity index is 0.00000385. The van der Waals surface area contributed by atoms with E-state index in [1.165, 1.54) is 37.1 Å². The highest BCUT2D eigenvalue weighted by Gasteiger charge is 2.11. The van der Waals surface area contributed by atoms with Crippen LogP contribution in [0, 0.1) is 0 Å². The van der Waals surface area contributed by atoms with Crippen molar-refractivity contribution < 1.29 is 4.79 Å². The van der Waals surface area contributed by atoms with Crippen molar-refractivity contribution in [2.24, 2.45) is 4.99 Å². The number of nitrogens with zero attached hydrogens (tertiary/aromatic N) is 2. The molecule has 33 heavy (non-hydrogen) atoms. The predicted octanol–water partition coefficient (Wildman–Crippen LogP) is 4.89. The first kappa shape index (κ1) is 27.1. The van der Waals surface area contributed by atoms with E-state index in [0.29, 0.717) is 13.0 Å². The maximum atomic E-state index is 11.7. The summed E-state index contributed by atoms with van der Waals surface area (Å²) in [5, 5.41) is 9.65. The number of hydrogen-bond donors (Lipinski definition) is 3. The van der Waals surface area contributed by atoms with Crippen LogP contribution in [0.3, 0.4) is 0 Å². The van der Waals surface area contributed by atoms with Gasteiger partial charge in [-0.3, -0.25) is 9.69 Å². The van der Waals surface area contributed by atoms with E-state index in [-0.39, 0.29) is 29.9 Å². The molecule has 1 saturated heterocycles. The molecule has 2 aromatic rings. The number of nitrogens with one attached hydrogen (secondary N) is 3. The first-order valence-electron chi connectivity index (χ1n) is 11.9. The van der Waals surface area contributed by atoms with Crippen LogP contribution >= 0.6 is 24.0 Å². The molecule has 6 nitrogen and oxygen atoms in total. The number of halogens is 1. The van der Waals surface area contributed by atoms with Crippen molar-refractivity contribution in [3.63, 3.8) is 0 Å². The molecule has 0 aliphatic carbocycles. The Kier molecular flexibility index (Phi) is 12.2. The SMILES string of the molecule is CCCC(=O)Nc1ccc(CN=C(NCC)NCc2ccc(CN3CCCC3)cc2)cc1.I. The molecule has 0 unspecified atom stereocenters. The lowest BCUT2D eigenvalue weighted by Crippen LogP contribution is -2.36. The van der Waals surface area contributed by atoms with Crippen LogP contribution in [0.2, 0.25) is 0 Å². The number of benzene rings is 2. The van der Waals surface area contributed by atoms with E-state index in [0.717, 1.165) is 43.3 Å². The second kappa shape index (κ2) is 14.9. The highest BCUT2D eigenvalue weighted by molar-refractivity contribution is 14.0. The highest BCUT2D eigenvalue weighted by Crippen LogP contribution is 2.14. The summed E-state index contributed by atoms with van der Waals surface area (Å²) in [6, 6.07) is 16.8. The van der Waals surface area contributed by atoms with Gasteiger partial charge in [-0.2, -0.15) is 0 Å². The van der Waals surface area contributed by atoms with E-state index in [9.17, 15) is 4.79 Å². The molecule has 0 bridgehead atoms. The minimum atomic E-state index is 0. The van der Waals surface area contributed by atoms with Crippen LogP contribution in [-0.2, 0) is 24.4 Å². The van der Waals surface area contributed by atoms with Crippen molar-refractivity contribution in [2.45, 2.75) is 59.2 Å². The number of rotatable bonds is 10. The van der Waals surface area contributed by atoms with Crippen LogP contribution in [0.25, 0.3) is 0 Å². The third-order valence-electron chi connectivity index (χ3n) is 5.57. The summed E-state index contributed by atoms with van der Waals surface area (Å²) in [6.07, 6.45) is 4.05. The van der Waals surface area contributed by atoms with E-state index < -0.39 is 0 Å². The minimum Gasteiger partial charge on any atom is -0.357 e. The van der Waals surface area contributed by atoms with Gasteiger partial charge in [0, 0.05) is 31.7 Å². The summed E-state index contributed by atoms with van der Waals surface area (Å²) >= 11 is 0. The van der Waals surface area contributed by atoms with Crippen molar-refractivity contribution >= 4 is 41.5 Å². The van der Waals surface area contributed by atoms with Gasteiger partial charge < -0.3 is 16.0 Å². The molecule has 1 amide bonds. The van der Waals surface area contributed by atoms with Crippen LogP contribution in [-0.4, -0.2) is 36.4 Å². The van der Waals surface area contributed by atoms with Gasteiger partial charge in [-0.1, -0.05) is 43.3 Å². The number of anilines is 1. The van der Waals surface area contributed by atoms with Crippen LogP contribution in [0.5, 0.6) is 0 Å². The fraction of sp³-hybridized carbons (Fsp3) is 0.462. The van der Waals surface area contributed by atoms with E-state index in [1.807, 2.05) is 31.2 Å². The Morgan fingerprint density at radius 2 is 1.55 bits per heavy atom. The molecule has 1 aliphatic heterocycles. The highest BCUT2D eigenvalue weighted by atomic mass is 127. The first-order chi connectivity index (χ1) is 15.7. The number of aliphatic imine (C=N–C) groups is 1. The van der Waals surface area contributed by atoms with Crippen LogP contribution < -0.4 is 16.0 Å². The quantitative estimate of drug-likeness (QED) is 0.219. The van der Waals surface area contributed by atoms with Crippen molar-refractivity contribution in [3.8, 4) is 0 Å². The maximum absolute atomic E-state index is 11.7. The summed E-state index contributed by atoms with van der Waals surface area (Å²) < 4.78 is 0. The lowest BCUT2D eigenvalue weighted by atomic mass is 10.1. The molecule has 3 N–H and O–H groups in total. The Labute approximate surface area is 215 Å². The molecule has 2 aromatic carbocycles. The normalized spacial score (nSPS) is 13.9. The van der Waals surface area contributed by atoms with Gasteiger partial charge in [0.25, 0.3) is 0 Å². The number of carbonyl (C=O) groups is 1. The summed E-state index contributed by atoms with van der Waals surface area (Å²) in [4.78, 5) is 18.9. The summed E-state index contributed by atoms with van der Waals surface area (Å²) in [5.41, 5.74) is 4.55. The predicted molar refractivity (Wildman–Crippen MR) is 148 cm³/mol. The Bertz CT molecular complexity index is 861. The van der Waals surface area contributed by atoms with Crippen molar-refractivity contribution in [1.82, 2.24) is 15.5 Å². The van der Waals surface area contributed by atoms with Crippen molar-refractivity contribution in [1.29, 1.82) is 0 Å². The third-order valence-corrected chi connectivity index (χ3v) is 5.57. The number of amides is 1. The van der Waals surface area contributed by atoms with Crippen LogP contribution in [0.15, 0.2) is 53.5 Å². The molecule has 0 radical (unpaired) electrons. The Hall–Kier alpha value is -2.13. The van der Waals surface area contributed by atoms with Crippen molar-refractivity contribution in [2.75, 3.05) is 25.0 Å². The molecule has 1 heterocycles. The molecule has 0 spiro atoms. The number of hydrogen-bond acceptors (Lipinski definition) is 3. The van der Waals surface area contributed by atoms with Gasteiger partial charge in [-0.05, 0) is 68.1 Å². The molecule has 180 valence electrons. The van der Waals surface area contributed by atoms with E-state index in [2.05, 4.69) is 52.0 Å². The van der Waals surface area contributed by atoms with Crippen molar-refractivity contribution in [3.05, 3.63) is 65.2 Å². The van der Waals surface area contributed by atoms with E-state index in [4.69, 9.17) is 4.99 Å². The molecular formula is C26H38IN5O. The fourth-order valence-electron chi connectivity index (χ4n) is 3.80. The minimum absolute atomic E-state index is 0. The van der Waals surface area contributed by atoms with Gasteiger partial charge in [0.15, 0.2) is 5.96 Å². The largest absolute Gasteiger partial charge is 0.357 e. The number of likely N-dealkylation sites (tertiary alicyclic amines) is 1. The fourth-order valence-corrected chi connectivity index (χ4v) is 3.80. The van der Waals surface area contributed by atoms with Crippen LogP contribution in [0.1, 0.15) is 56.2 Å². The average molecular weight is 564 g/mol. The molecule has 0 atom stereocenters. The average Bonchev–Trinajstić information content (AvgIpc) is 3.31.